The van der Waals surface area contributed by atoms with Gasteiger partial charge in [0.05, 0.1) is 12.3 Å². The standard InChI is InChI=1S/C18H24N2O/c1-4-21-18-8-6-5-7-17(18)20-12-11-19-16-10-9-14(2)15(3)13-16/h5-10,13,19-20H,4,11-12H2,1-3H3. The molecule has 0 amide bonds. The van der Waals surface area contributed by atoms with Gasteiger partial charge in [-0.1, -0.05) is 18.2 Å². The Labute approximate surface area is 127 Å². The maximum Gasteiger partial charge on any atom is 0.142 e. The van der Waals surface area contributed by atoms with Crippen molar-refractivity contribution in [2.75, 3.05) is 30.3 Å². The van der Waals surface area contributed by atoms with Crippen LogP contribution in [0.2, 0.25) is 0 Å². The minimum Gasteiger partial charge on any atom is -0.492 e. The van der Waals surface area contributed by atoms with Crippen molar-refractivity contribution >= 4 is 11.4 Å². The molecule has 0 bridgehead atoms. The predicted molar refractivity (Wildman–Crippen MR) is 90.5 cm³/mol. The Kier molecular flexibility index (Phi) is 5.50. The Bertz CT molecular complexity index is 581. The summed E-state index contributed by atoms with van der Waals surface area (Å²) >= 11 is 0. The summed E-state index contributed by atoms with van der Waals surface area (Å²) in [6, 6.07) is 14.5. The molecule has 0 radical (unpaired) electrons. The third-order valence-electron chi connectivity index (χ3n) is 3.46. The van der Waals surface area contributed by atoms with Gasteiger partial charge in [-0.15, -0.1) is 0 Å². The number of rotatable bonds is 7. The molecule has 0 aliphatic heterocycles. The second kappa shape index (κ2) is 7.58. The van der Waals surface area contributed by atoms with E-state index in [0.29, 0.717) is 6.61 Å². The first-order valence-electron chi connectivity index (χ1n) is 7.47. The lowest BCUT2D eigenvalue weighted by Gasteiger charge is -2.13. The lowest BCUT2D eigenvalue weighted by molar-refractivity contribution is 0.342. The predicted octanol–water partition coefficient (Wildman–Crippen LogP) is 4.23. The van der Waals surface area contributed by atoms with Crippen LogP contribution in [-0.2, 0) is 0 Å². The Morgan fingerprint density at radius 3 is 2.43 bits per heavy atom. The first-order valence-corrected chi connectivity index (χ1v) is 7.47. The minimum absolute atomic E-state index is 0.680. The number of anilines is 2. The van der Waals surface area contributed by atoms with Gasteiger partial charge in [0.15, 0.2) is 0 Å². The van der Waals surface area contributed by atoms with Gasteiger partial charge < -0.3 is 15.4 Å². The van der Waals surface area contributed by atoms with E-state index in [-0.39, 0.29) is 0 Å². The first-order chi connectivity index (χ1) is 10.2. The topological polar surface area (TPSA) is 33.3 Å². The Morgan fingerprint density at radius 1 is 0.905 bits per heavy atom. The van der Waals surface area contributed by atoms with E-state index in [0.717, 1.165) is 30.2 Å². The smallest absolute Gasteiger partial charge is 0.142 e. The van der Waals surface area contributed by atoms with Crippen molar-refractivity contribution in [1.29, 1.82) is 0 Å². The Morgan fingerprint density at radius 2 is 1.67 bits per heavy atom. The summed E-state index contributed by atoms with van der Waals surface area (Å²) in [5.74, 6) is 0.909. The van der Waals surface area contributed by atoms with Crippen molar-refractivity contribution in [3.05, 3.63) is 53.6 Å². The molecule has 2 aromatic rings. The maximum absolute atomic E-state index is 5.60. The molecule has 0 fully saturated rings. The van der Waals surface area contributed by atoms with Crippen molar-refractivity contribution in [3.63, 3.8) is 0 Å². The number of aryl methyl sites for hydroxylation is 2. The summed E-state index contributed by atoms with van der Waals surface area (Å²) in [7, 11) is 0. The number of benzene rings is 2. The number of nitrogens with one attached hydrogen (secondary N) is 2. The normalized spacial score (nSPS) is 10.2. The second-order valence-corrected chi connectivity index (χ2v) is 5.08. The van der Waals surface area contributed by atoms with Gasteiger partial charge in [0.2, 0.25) is 0 Å². The van der Waals surface area contributed by atoms with E-state index in [1.165, 1.54) is 11.1 Å². The van der Waals surface area contributed by atoms with Crippen LogP contribution in [-0.4, -0.2) is 19.7 Å². The van der Waals surface area contributed by atoms with Crippen molar-refractivity contribution in [2.45, 2.75) is 20.8 Å². The van der Waals surface area contributed by atoms with Crippen LogP contribution in [0.4, 0.5) is 11.4 Å². The SMILES string of the molecule is CCOc1ccccc1NCCNc1ccc(C)c(C)c1. The average Bonchev–Trinajstić information content (AvgIpc) is 2.49. The Balaban J connectivity index is 1.83. The highest BCUT2D eigenvalue weighted by Crippen LogP contribution is 2.23. The molecule has 2 N–H and O–H groups in total. The first kappa shape index (κ1) is 15.2. The highest BCUT2D eigenvalue weighted by atomic mass is 16.5. The molecule has 2 rings (SSSR count). The van der Waals surface area contributed by atoms with Gasteiger partial charge in [-0.3, -0.25) is 0 Å². The van der Waals surface area contributed by atoms with Gasteiger partial charge in [0.25, 0.3) is 0 Å². The van der Waals surface area contributed by atoms with Crippen LogP contribution in [0.5, 0.6) is 5.75 Å². The third-order valence-corrected chi connectivity index (χ3v) is 3.46. The molecule has 0 atom stereocenters. The van der Waals surface area contributed by atoms with Gasteiger partial charge >= 0.3 is 0 Å². The monoisotopic (exact) mass is 284 g/mol. The summed E-state index contributed by atoms with van der Waals surface area (Å²) in [4.78, 5) is 0. The lowest BCUT2D eigenvalue weighted by atomic mass is 10.1. The molecular formula is C18H24N2O. The quantitative estimate of drug-likeness (QED) is 0.747. The van der Waals surface area contributed by atoms with Crippen molar-refractivity contribution in [2.24, 2.45) is 0 Å². The van der Waals surface area contributed by atoms with Crippen LogP contribution in [0, 0.1) is 13.8 Å². The molecule has 2 aromatic carbocycles. The van der Waals surface area contributed by atoms with E-state index < -0.39 is 0 Å². The fourth-order valence-corrected chi connectivity index (χ4v) is 2.15. The van der Waals surface area contributed by atoms with Gasteiger partial charge in [-0.2, -0.15) is 0 Å². The zero-order valence-corrected chi connectivity index (χ0v) is 13.1. The van der Waals surface area contributed by atoms with E-state index in [1.54, 1.807) is 0 Å². The third kappa shape index (κ3) is 4.42. The van der Waals surface area contributed by atoms with Gasteiger partial charge in [0, 0.05) is 18.8 Å². The summed E-state index contributed by atoms with van der Waals surface area (Å²) in [5.41, 5.74) is 4.85. The number of ether oxygens (including phenoxy) is 1. The van der Waals surface area contributed by atoms with Crippen molar-refractivity contribution < 1.29 is 4.74 Å². The van der Waals surface area contributed by atoms with Crippen LogP contribution >= 0.6 is 0 Å². The highest BCUT2D eigenvalue weighted by molar-refractivity contribution is 5.56. The molecule has 0 aromatic heterocycles. The van der Waals surface area contributed by atoms with Crippen molar-refractivity contribution in [1.82, 2.24) is 0 Å². The molecule has 3 nitrogen and oxygen atoms in total. The maximum atomic E-state index is 5.60. The second-order valence-electron chi connectivity index (χ2n) is 5.08. The molecular weight excluding hydrogens is 260 g/mol. The zero-order valence-electron chi connectivity index (χ0n) is 13.1. The largest absolute Gasteiger partial charge is 0.492 e. The lowest BCUT2D eigenvalue weighted by Crippen LogP contribution is -2.14. The van der Waals surface area contributed by atoms with Crippen LogP contribution in [0.25, 0.3) is 0 Å². The fourth-order valence-electron chi connectivity index (χ4n) is 2.15. The molecule has 21 heavy (non-hydrogen) atoms. The molecule has 0 saturated carbocycles. The molecule has 112 valence electrons. The summed E-state index contributed by atoms with van der Waals surface area (Å²) in [6.45, 7) is 8.65. The van der Waals surface area contributed by atoms with Crippen molar-refractivity contribution in [3.8, 4) is 5.75 Å². The van der Waals surface area contributed by atoms with Crippen LogP contribution in [0.3, 0.4) is 0 Å². The van der Waals surface area contributed by atoms with E-state index in [2.05, 4.69) is 42.7 Å². The molecule has 3 heteroatoms. The van der Waals surface area contributed by atoms with E-state index >= 15 is 0 Å². The number of hydrogen-bond donors (Lipinski definition) is 2. The summed E-state index contributed by atoms with van der Waals surface area (Å²) in [5, 5.41) is 6.84. The minimum atomic E-state index is 0.680. The molecule has 0 aliphatic rings. The van der Waals surface area contributed by atoms with Gasteiger partial charge in [0.1, 0.15) is 5.75 Å². The summed E-state index contributed by atoms with van der Waals surface area (Å²) < 4.78 is 5.60. The fraction of sp³-hybridized carbons (Fsp3) is 0.333. The van der Waals surface area contributed by atoms with E-state index in [1.807, 2.05) is 31.2 Å². The number of para-hydroxylation sites is 2. The van der Waals surface area contributed by atoms with Crippen LogP contribution < -0.4 is 15.4 Å². The number of hydrogen-bond acceptors (Lipinski definition) is 3. The average molecular weight is 284 g/mol. The molecule has 0 spiro atoms. The van der Waals surface area contributed by atoms with Crippen LogP contribution in [0.1, 0.15) is 18.1 Å². The molecule has 0 aliphatic carbocycles. The summed E-state index contributed by atoms with van der Waals surface area (Å²) in [6.07, 6.45) is 0. The zero-order chi connectivity index (χ0) is 15.1. The molecule has 0 heterocycles. The molecule has 0 saturated heterocycles. The molecule has 0 unspecified atom stereocenters. The Hall–Kier alpha value is -2.16. The van der Waals surface area contributed by atoms with E-state index in [9.17, 15) is 0 Å². The van der Waals surface area contributed by atoms with Gasteiger partial charge in [-0.25, -0.2) is 0 Å². The van der Waals surface area contributed by atoms with Gasteiger partial charge in [-0.05, 0) is 56.2 Å². The van der Waals surface area contributed by atoms with Crippen LogP contribution in [0.15, 0.2) is 42.5 Å². The van der Waals surface area contributed by atoms with E-state index in [4.69, 9.17) is 4.74 Å². The highest BCUT2D eigenvalue weighted by Gasteiger charge is 2.01.